The predicted molar refractivity (Wildman–Crippen MR) is 114 cm³/mol. The van der Waals surface area contributed by atoms with Crippen molar-refractivity contribution in [3.63, 3.8) is 0 Å². The van der Waals surface area contributed by atoms with Gasteiger partial charge in [-0.15, -0.1) is 0 Å². The molecule has 3 heterocycles. The molecule has 3 aromatic rings. The molecule has 1 atom stereocenters. The van der Waals surface area contributed by atoms with Crippen LogP contribution in [0.25, 0.3) is 11.2 Å². The second-order valence-electron chi connectivity index (χ2n) is 8.25. The molecule has 7 nitrogen and oxygen atoms in total. The molecule has 1 aliphatic carbocycles. The lowest BCUT2D eigenvalue weighted by Gasteiger charge is -2.32. The van der Waals surface area contributed by atoms with Gasteiger partial charge in [0.1, 0.15) is 17.1 Å². The van der Waals surface area contributed by atoms with Crippen LogP contribution in [0.5, 0.6) is 5.75 Å². The van der Waals surface area contributed by atoms with Gasteiger partial charge in [-0.3, -0.25) is 0 Å². The lowest BCUT2D eigenvalue weighted by Crippen LogP contribution is -2.41. The highest BCUT2D eigenvalue weighted by atomic mass is 32.2. The minimum absolute atomic E-state index is 0.240. The first-order valence-electron chi connectivity index (χ1n) is 10.5. The van der Waals surface area contributed by atoms with Gasteiger partial charge in [0.2, 0.25) is 10.0 Å². The smallest absolute Gasteiger partial charge is 0.243 e. The molecule has 2 aliphatic rings. The van der Waals surface area contributed by atoms with Crippen LogP contribution >= 0.6 is 0 Å². The van der Waals surface area contributed by atoms with E-state index in [2.05, 4.69) is 9.55 Å². The molecule has 0 N–H and O–H groups in total. The van der Waals surface area contributed by atoms with E-state index in [9.17, 15) is 8.42 Å². The van der Waals surface area contributed by atoms with Crippen LogP contribution in [-0.2, 0) is 16.6 Å². The second-order valence-corrected chi connectivity index (χ2v) is 10.2. The van der Waals surface area contributed by atoms with E-state index in [0.29, 0.717) is 29.7 Å². The van der Waals surface area contributed by atoms with Gasteiger partial charge >= 0.3 is 0 Å². The summed E-state index contributed by atoms with van der Waals surface area (Å²) >= 11 is 0. The summed E-state index contributed by atoms with van der Waals surface area (Å²) in [5.74, 6) is 2.52. The summed E-state index contributed by atoms with van der Waals surface area (Å²) in [5.41, 5.74) is 1.84. The van der Waals surface area contributed by atoms with Crippen molar-refractivity contribution in [2.45, 2.75) is 43.0 Å². The fourth-order valence-corrected chi connectivity index (χ4v) is 5.91. The number of ether oxygens (including phenoxy) is 1. The predicted octanol–water partition coefficient (Wildman–Crippen LogP) is 3.42. The molecule has 0 spiro atoms. The zero-order valence-corrected chi connectivity index (χ0v) is 17.9. The first-order valence-corrected chi connectivity index (χ1v) is 12.0. The molecule has 5 rings (SSSR count). The molecule has 2 fully saturated rings. The number of nitrogens with zero attached hydrogens (tertiary/aromatic N) is 4. The number of rotatable bonds is 6. The summed E-state index contributed by atoms with van der Waals surface area (Å²) in [6, 6.07) is 10.6. The molecule has 0 amide bonds. The Morgan fingerprint density at radius 1 is 1.13 bits per heavy atom. The number of fused-ring (bicyclic) bond motifs is 1. The molecule has 1 aromatic carbocycles. The molecule has 30 heavy (non-hydrogen) atoms. The Morgan fingerprint density at radius 2 is 1.93 bits per heavy atom. The maximum Gasteiger partial charge on any atom is 0.243 e. The summed E-state index contributed by atoms with van der Waals surface area (Å²) in [6.45, 7) is 1.84. The maximum atomic E-state index is 13.2. The summed E-state index contributed by atoms with van der Waals surface area (Å²) in [7, 11) is -1.95. The van der Waals surface area contributed by atoms with Gasteiger partial charge in [0, 0.05) is 31.7 Å². The molecule has 1 saturated heterocycles. The molecular formula is C22H26N4O3S. The van der Waals surface area contributed by atoms with Crippen molar-refractivity contribution in [2.24, 2.45) is 5.92 Å². The van der Waals surface area contributed by atoms with Crippen molar-refractivity contribution >= 4 is 21.2 Å². The number of pyridine rings is 1. The van der Waals surface area contributed by atoms with Crippen molar-refractivity contribution in [2.75, 3.05) is 20.2 Å². The Labute approximate surface area is 176 Å². The van der Waals surface area contributed by atoms with Gasteiger partial charge in [-0.25, -0.2) is 18.4 Å². The second kappa shape index (κ2) is 7.67. The highest BCUT2D eigenvalue weighted by Gasteiger charge is 2.33. The number of hydrogen-bond donors (Lipinski definition) is 0. The number of hydrogen-bond acceptors (Lipinski definition) is 5. The summed E-state index contributed by atoms with van der Waals surface area (Å²) < 4.78 is 35.4. The van der Waals surface area contributed by atoms with Gasteiger partial charge in [0.15, 0.2) is 5.65 Å². The minimum atomic E-state index is -3.52. The van der Waals surface area contributed by atoms with Crippen LogP contribution in [-0.4, -0.2) is 47.5 Å². The van der Waals surface area contributed by atoms with E-state index in [1.165, 1.54) is 12.8 Å². The molecule has 8 heteroatoms. The number of aromatic nitrogens is 3. The molecule has 0 radical (unpaired) electrons. The minimum Gasteiger partial charge on any atom is -0.497 e. The molecular weight excluding hydrogens is 400 g/mol. The van der Waals surface area contributed by atoms with Gasteiger partial charge in [0.05, 0.1) is 12.0 Å². The molecule has 1 unspecified atom stereocenters. The van der Waals surface area contributed by atoms with Gasteiger partial charge in [-0.1, -0.05) is 0 Å². The number of imidazole rings is 1. The molecule has 2 aromatic heterocycles. The lowest BCUT2D eigenvalue weighted by atomic mass is 9.99. The Kier molecular flexibility index (Phi) is 4.99. The molecule has 1 saturated carbocycles. The molecule has 0 bridgehead atoms. The van der Waals surface area contributed by atoms with Gasteiger partial charge in [-0.2, -0.15) is 4.31 Å². The van der Waals surface area contributed by atoms with Crippen LogP contribution in [0.4, 0.5) is 0 Å². The third-order valence-corrected chi connectivity index (χ3v) is 7.97. The number of methoxy groups -OCH3 is 1. The maximum absolute atomic E-state index is 13.2. The van der Waals surface area contributed by atoms with Crippen molar-refractivity contribution in [1.82, 2.24) is 18.8 Å². The van der Waals surface area contributed by atoms with Gasteiger partial charge in [0.25, 0.3) is 0 Å². The topological polar surface area (TPSA) is 77.3 Å². The highest BCUT2D eigenvalue weighted by Crippen LogP contribution is 2.41. The van der Waals surface area contributed by atoms with Crippen LogP contribution in [0.1, 0.15) is 37.4 Å². The summed E-state index contributed by atoms with van der Waals surface area (Å²) in [4.78, 5) is 9.71. The van der Waals surface area contributed by atoms with Crippen molar-refractivity contribution < 1.29 is 13.2 Å². The largest absolute Gasteiger partial charge is 0.497 e. The zero-order valence-electron chi connectivity index (χ0n) is 17.1. The molecule has 1 aliphatic heterocycles. The van der Waals surface area contributed by atoms with E-state index in [0.717, 1.165) is 36.4 Å². The van der Waals surface area contributed by atoms with Crippen LogP contribution in [0.15, 0.2) is 47.5 Å². The Morgan fingerprint density at radius 3 is 2.67 bits per heavy atom. The average Bonchev–Trinajstić information content (AvgIpc) is 3.56. The van der Waals surface area contributed by atoms with Crippen molar-refractivity contribution in [1.29, 1.82) is 0 Å². The van der Waals surface area contributed by atoms with Crippen LogP contribution in [0, 0.1) is 5.92 Å². The van der Waals surface area contributed by atoms with E-state index in [1.54, 1.807) is 41.9 Å². The van der Waals surface area contributed by atoms with Crippen LogP contribution < -0.4 is 4.74 Å². The Bertz CT molecular complexity index is 1150. The van der Waals surface area contributed by atoms with Crippen molar-refractivity contribution in [3.8, 4) is 5.75 Å². The van der Waals surface area contributed by atoms with E-state index in [4.69, 9.17) is 9.72 Å². The fraction of sp³-hybridized carbons (Fsp3) is 0.455. The zero-order chi connectivity index (χ0) is 20.7. The third-order valence-electron chi connectivity index (χ3n) is 6.10. The van der Waals surface area contributed by atoms with Crippen LogP contribution in [0.3, 0.4) is 0 Å². The van der Waals surface area contributed by atoms with E-state index >= 15 is 0 Å². The third kappa shape index (κ3) is 3.58. The number of piperidine rings is 1. The normalized spacial score (nSPS) is 20.5. The van der Waals surface area contributed by atoms with E-state index in [1.807, 2.05) is 12.1 Å². The van der Waals surface area contributed by atoms with Gasteiger partial charge < -0.3 is 9.30 Å². The first kappa shape index (κ1) is 19.5. The lowest BCUT2D eigenvalue weighted by molar-refractivity contribution is 0.245. The van der Waals surface area contributed by atoms with Crippen molar-refractivity contribution in [3.05, 3.63) is 48.4 Å². The number of sulfonamides is 1. The Balaban J connectivity index is 1.38. The fourth-order valence-electron chi connectivity index (χ4n) is 4.36. The average molecular weight is 427 g/mol. The van der Waals surface area contributed by atoms with E-state index < -0.39 is 10.0 Å². The quantitative estimate of drug-likeness (QED) is 0.604. The number of benzene rings is 1. The monoisotopic (exact) mass is 426 g/mol. The Hall–Kier alpha value is -2.45. The standard InChI is InChI=1S/C22H26N4O3S/c1-29-18-8-10-19(11-9-18)30(27,28)25-13-3-4-16(14-25)15-26-21(17-6-7-17)24-20-5-2-12-23-22(20)26/h2,5,8-12,16-17H,3-4,6-7,13-15H2,1H3. The molecule has 158 valence electrons. The van der Waals surface area contributed by atoms with Gasteiger partial charge in [-0.05, 0) is 68.0 Å². The summed E-state index contributed by atoms with van der Waals surface area (Å²) in [6.07, 6.45) is 6.01. The first-order chi connectivity index (χ1) is 14.6. The van der Waals surface area contributed by atoms with Crippen LogP contribution in [0.2, 0.25) is 0 Å². The summed E-state index contributed by atoms with van der Waals surface area (Å²) in [5, 5.41) is 0. The SMILES string of the molecule is COc1ccc(S(=O)(=O)N2CCCC(Cn3c(C4CC4)nc4cccnc43)C2)cc1. The highest BCUT2D eigenvalue weighted by molar-refractivity contribution is 7.89. The van der Waals surface area contributed by atoms with E-state index in [-0.39, 0.29) is 5.92 Å².